The molecule has 2 aromatic rings. The first-order valence-corrected chi connectivity index (χ1v) is 7.62. The zero-order chi connectivity index (χ0) is 13.1. The fraction of sp³-hybridized carbons (Fsp3) is 0.154. The van der Waals surface area contributed by atoms with Gasteiger partial charge < -0.3 is 5.32 Å². The molecule has 0 saturated carbocycles. The van der Waals surface area contributed by atoms with Gasteiger partial charge in [0.25, 0.3) is 5.91 Å². The van der Waals surface area contributed by atoms with Crippen LogP contribution in [0.2, 0.25) is 5.02 Å². The van der Waals surface area contributed by atoms with Crippen molar-refractivity contribution in [2.45, 2.75) is 13.5 Å². The summed E-state index contributed by atoms with van der Waals surface area (Å²) in [6, 6.07) is 9.40. The van der Waals surface area contributed by atoms with Crippen LogP contribution in [0.15, 0.2) is 30.3 Å². The highest BCUT2D eigenvalue weighted by Gasteiger charge is 2.10. The molecule has 0 bridgehead atoms. The number of halogens is 2. The first-order valence-electron chi connectivity index (χ1n) is 5.35. The number of hydrogen-bond donors (Lipinski definition) is 1. The first-order chi connectivity index (χ1) is 8.56. The predicted octanol–water partition coefficient (Wildman–Crippen LogP) is 4.24. The average Bonchev–Trinajstić information content (AvgIpc) is 2.75. The standard InChI is InChI=1S/C13H11ClINOS/c1-8-2-4-10(18-8)7-16-13(17)11-6-9(14)3-5-12(11)15/h2-6H,7H2,1H3,(H,16,17). The summed E-state index contributed by atoms with van der Waals surface area (Å²) in [4.78, 5) is 14.4. The monoisotopic (exact) mass is 391 g/mol. The van der Waals surface area contributed by atoms with Crippen LogP contribution in [0.4, 0.5) is 0 Å². The molecule has 1 amide bonds. The second-order valence-corrected chi connectivity index (χ2v) is 6.79. The van der Waals surface area contributed by atoms with Crippen molar-refractivity contribution in [2.75, 3.05) is 0 Å². The van der Waals surface area contributed by atoms with Crippen molar-refractivity contribution in [2.24, 2.45) is 0 Å². The fourth-order valence-corrected chi connectivity index (χ4v) is 3.10. The van der Waals surface area contributed by atoms with Crippen LogP contribution < -0.4 is 5.32 Å². The Kier molecular flexibility index (Phi) is 4.64. The Morgan fingerprint density at radius 3 is 2.83 bits per heavy atom. The van der Waals surface area contributed by atoms with E-state index in [9.17, 15) is 4.79 Å². The van der Waals surface area contributed by atoms with E-state index in [1.807, 2.05) is 12.1 Å². The highest BCUT2D eigenvalue weighted by Crippen LogP contribution is 2.19. The van der Waals surface area contributed by atoms with E-state index in [0.717, 1.165) is 8.45 Å². The molecule has 5 heteroatoms. The lowest BCUT2D eigenvalue weighted by molar-refractivity contribution is 0.0950. The molecule has 0 aliphatic carbocycles. The van der Waals surface area contributed by atoms with Crippen molar-refractivity contribution in [3.8, 4) is 0 Å². The zero-order valence-corrected chi connectivity index (χ0v) is 13.4. The maximum absolute atomic E-state index is 12.0. The zero-order valence-electron chi connectivity index (χ0n) is 9.67. The summed E-state index contributed by atoms with van der Waals surface area (Å²) in [6.07, 6.45) is 0. The normalized spacial score (nSPS) is 10.4. The summed E-state index contributed by atoms with van der Waals surface area (Å²) >= 11 is 9.72. The van der Waals surface area contributed by atoms with Crippen molar-refractivity contribution in [3.63, 3.8) is 0 Å². The smallest absolute Gasteiger partial charge is 0.252 e. The molecule has 1 N–H and O–H groups in total. The number of carbonyl (C=O) groups is 1. The number of aryl methyl sites for hydroxylation is 1. The highest BCUT2D eigenvalue weighted by molar-refractivity contribution is 14.1. The molecule has 2 nitrogen and oxygen atoms in total. The van der Waals surface area contributed by atoms with Crippen molar-refractivity contribution in [1.29, 1.82) is 0 Å². The molecule has 1 aromatic carbocycles. The second-order valence-electron chi connectivity index (χ2n) is 3.82. The van der Waals surface area contributed by atoms with Gasteiger partial charge in [-0.25, -0.2) is 0 Å². The Morgan fingerprint density at radius 1 is 1.39 bits per heavy atom. The van der Waals surface area contributed by atoms with Crippen LogP contribution in [-0.2, 0) is 6.54 Å². The van der Waals surface area contributed by atoms with Gasteiger partial charge in [-0.05, 0) is 59.8 Å². The average molecular weight is 392 g/mol. The third-order valence-electron chi connectivity index (χ3n) is 2.39. The van der Waals surface area contributed by atoms with Crippen LogP contribution in [0.25, 0.3) is 0 Å². The van der Waals surface area contributed by atoms with Gasteiger partial charge in [0.1, 0.15) is 0 Å². The largest absolute Gasteiger partial charge is 0.347 e. The maximum Gasteiger partial charge on any atom is 0.252 e. The molecular formula is C13H11ClINOS. The number of benzene rings is 1. The Labute approximate surface area is 129 Å². The summed E-state index contributed by atoms with van der Waals surface area (Å²) in [7, 11) is 0. The van der Waals surface area contributed by atoms with Crippen LogP contribution in [-0.4, -0.2) is 5.91 Å². The van der Waals surface area contributed by atoms with E-state index in [-0.39, 0.29) is 5.91 Å². The van der Waals surface area contributed by atoms with Gasteiger partial charge in [-0.1, -0.05) is 11.6 Å². The number of nitrogens with one attached hydrogen (secondary N) is 1. The predicted molar refractivity (Wildman–Crippen MR) is 84.4 cm³/mol. The van der Waals surface area contributed by atoms with E-state index < -0.39 is 0 Å². The van der Waals surface area contributed by atoms with Gasteiger partial charge in [0.15, 0.2) is 0 Å². The van der Waals surface area contributed by atoms with Crippen LogP contribution >= 0.6 is 45.5 Å². The van der Waals surface area contributed by atoms with Gasteiger partial charge >= 0.3 is 0 Å². The third kappa shape index (κ3) is 3.46. The van der Waals surface area contributed by atoms with Gasteiger partial charge in [0.05, 0.1) is 12.1 Å². The molecule has 2 rings (SSSR count). The van der Waals surface area contributed by atoms with E-state index in [1.54, 1.807) is 23.5 Å². The van der Waals surface area contributed by atoms with Crippen molar-refractivity contribution >= 4 is 51.4 Å². The molecule has 0 atom stereocenters. The van der Waals surface area contributed by atoms with Gasteiger partial charge in [-0.3, -0.25) is 4.79 Å². The van der Waals surface area contributed by atoms with Gasteiger partial charge in [-0.2, -0.15) is 0 Å². The topological polar surface area (TPSA) is 29.1 Å². The summed E-state index contributed by atoms with van der Waals surface area (Å²) in [6.45, 7) is 2.61. The van der Waals surface area contributed by atoms with E-state index >= 15 is 0 Å². The van der Waals surface area contributed by atoms with E-state index in [2.05, 4.69) is 40.9 Å². The van der Waals surface area contributed by atoms with Gasteiger partial charge in [0, 0.05) is 18.3 Å². The Balaban J connectivity index is 2.05. The Morgan fingerprint density at radius 2 is 2.17 bits per heavy atom. The number of rotatable bonds is 3. The lowest BCUT2D eigenvalue weighted by Gasteiger charge is -2.06. The highest BCUT2D eigenvalue weighted by atomic mass is 127. The van der Waals surface area contributed by atoms with E-state index in [4.69, 9.17) is 11.6 Å². The van der Waals surface area contributed by atoms with Gasteiger partial charge in [-0.15, -0.1) is 11.3 Å². The van der Waals surface area contributed by atoms with Crippen LogP contribution in [0, 0.1) is 10.5 Å². The first kappa shape index (κ1) is 13.8. The van der Waals surface area contributed by atoms with Gasteiger partial charge in [0.2, 0.25) is 0 Å². The Bertz CT molecular complexity index is 582. The minimum absolute atomic E-state index is 0.0899. The number of amides is 1. The molecule has 1 aromatic heterocycles. The number of carbonyl (C=O) groups excluding carboxylic acids is 1. The van der Waals surface area contributed by atoms with Crippen molar-refractivity contribution < 1.29 is 4.79 Å². The lowest BCUT2D eigenvalue weighted by Crippen LogP contribution is -2.23. The molecule has 1 heterocycles. The molecule has 18 heavy (non-hydrogen) atoms. The van der Waals surface area contributed by atoms with Crippen LogP contribution in [0.5, 0.6) is 0 Å². The van der Waals surface area contributed by atoms with Crippen molar-refractivity contribution in [1.82, 2.24) is 5.32 Å². The lowest BCUT2D eigenvalue weighted by atomic mass is 10.2. The summed E-state index contributed by atoms with van der Waals surface area (Å²) < 4.78 is 0.900. The van der Waals surface area contributed by atoms with Crippen LogP contribution in [0.3, 0.4) is 0 Å². The molecule has 0 aliphatic rings. The summed E-state index contributed by atoms with van der Waals surface area (Å²) in [5.41, 5.74) is 0.622. The quantitative estimate of drug-likeness (QED) is 0.779. The number of hydrogen-bond acceptors (Lipinski definition) is 2. The molecule has 0 saturated heterocycles. The van der Waals surface area contributed by atoms with E-state index in [1.165, 1.54) is 4.88 Å². The fourth-order valence-electron chi connectivity index (χ4n) is 1.51. The summed E-state index contributed by atoms with van der Waals surface area (Å²) in [5.74, 6) is -0.0899. The molecule has 0 spiro atoms. The molecule has 0 fully saturated rings. The molecule has 0 unspecified atom stereocenters. The minimum Gasteiger partial charge on any atom is -0.347 e. The van der Waals surface area contributed by atoms with Crippen LogP contribution in [0.1, 0.15) is 20.1 Å². The third-order valence-corrected chi connectivity index (χ3v) is 4.57. The SMILES string of the molecule is Cc1ccc(CNC(=O)c2cc(Cl)ccc2I)s1. The van der Waals surface area contributed by atoms with Crippen molar-refractivity contribution in [3.05, 3.63) is 54.2 Å². The number of thiophene rings is 1. The molecule has 94 valence electrons. The summed E-state index contributed by atoms with van der Waals surface area (Å²) in [5, 5.41) is 3.48. The maximum atomic E-state index is 12.0. The minimum atomic E-state index is -0.0899. The molecule has 0 aliphatic heterocycles. The second kappa shape index (κ2) is 6.04. The molecule has 0 radical (unpaired) electrons. The Hall–Kier alpha value is -0.590. The van der Waals surface area contributed by atoms with E-state index in [0.29, 0.717) is 17.1 Å². The molecular weight excluding hydrogens is 381 g/mol.